The summed E-state index contributed by atoms with van der Waals surface area (Å²) < 4.78 is 9.71. The van der Waals surface area contributed by atoms with Gasteiger partial charge < -0.3 is 19.8 Å². The number of carbonyl (C=O) groups excluding carboxylic acids is 3. The number of nitrogens with one attached hydrogen (secondary N) is 2. The molecule has 10 heteroatoms. The minimum Gasteiger partial charge on any atom is -0.452 e. The minimum atomic E-state index is -0.829. The fraction of sp³-hybridized carbons (Fsp3) is 0.118. The lowest BCUT2D eigenvalue weighted by atomic mass is 10.1. The molecule has 1 aromatic carbocycles. The summed E-state index contributed by atoms with van der Waals surface area (Å²) in [4.78, 5) is 45.6. The van der Waals surface area contributed by atoms with Gasteiger partial charge in [0.1, 0.15) is 4.92 Å². The Morgan fingerprint density at radius 2 is 1.96 bits per heavy atom. The van der Waals surface area contributed by atoms with Gasteiger partial charge in [-0.3, -0.25) is 19.7 Å². The van der Waals surface area contributed by atoms with Crippen LogP contribution in [0.2, 0.25) is 0 Å². The van der Waals surface area contributed by atoms with Gasteiger partial charge in [-0.05, 0) is 18.2 Å². The summed E-state index contributed by atoms with van der Waals surface area (Å²) in [6, 6.07) is 8.11. The molecule has 0 aliphatic heterocycles. The van der Waals surface area contributed by atoms with Crippen molar-refractivity contribution in [2.75, 3.05) is 18.5 Å². The van der Waals surface area contributed by atoms with Crippen molar-refractivity contribution < 1.29 is 28.5 Å². The number of para-hydroxylation sites is 1. The third-order valence-electron chi connectivity index (χ3n) is 3.17. The van der Waals surface area contributed by atoms with Crippen LogP contribution in [-0.4, -0.2) is 35.9 Å². The highest BCUT2D eigenvalue weighted by atomic mass is 16.6. The number of benzene rings is 1. The van der Waals surface area contributed by atoms with Crippen molar-refractivity contribution in [1.29, 1.82) is 0 Å². The number of amides is 2. The Balaban J connectivity index is 2.06. The highest BCUT2D eigenvalue weighted by Gasteiger charge is 2.20. The first-order valence-corrected chi connectivity index (χ1v) is 7.61. The average molecular weight is 373 g/mol. The number of esters is 1. The molecule has 2 N–H and O–H groups in total. The number of hydrogen-bond acceptors (Lipinski definition) is 7. The molecule has 140 valence electrons. The number of ether oxygens (including phenoxy) is 1. The molecule has 27 heavy (non-hydrogen) atoms. The molecule has 0 spiro atoms. The van der Waals surface area contributed by atoms with Crippen LogP contribution in [0.25, 0.3) is 0 Å². The maximum absolute atomic E-state index is 12.2. The summed E-state index contributed by atoms with van der Waals surface area (Å²) in [6.07, 6.45) is 1.48. The number of carbonyl (C=O) groups is 3. The van der Waals surface area contributed by atoms with Crippen molar-refractivity contribution in [2.45, 2.75) is 0 Å². The van der Waals surface area contributed by atoms with Gasteiger partial charge in [-0.2, -0.15) is 0 Å². The molecular formula is C17H15N3O7. The fourth-order valence-corrected chi connectivity index (χ4v) is 1.95. The molecule has 2 rings (SSSR count). The van der Waals surface area contributed by atoms with Crippen LogP contribution in [0.3, 0.4) is 0 Å². The highest BCUT2D eigenvalue weighted by molar-refractivity contribution is 6.07. The van der Waals surface area contributed by atoms with E-state index < -0.39 is 35.2 Å². The van der Waals surface area contributed by atoms with Gasteiger partial charge in [-0.15, -0.1) is 6.58 Å². The number of furan rings is 1. The Kier molecular flexibility index (Phi) is 6.42. The molecule has 0 unspecified atom stereocenters. The van der Waals surface area contributed by atoms with Gasteiger partial charge in [0.2, 0.25) is 0 Å². The van der Waals surface area contributed by atoms with Crippen molar-refractivity contribution in [1.82, 2.24) is 5.32 Å². The van der Waals surface area contributed by atoms with E-state index in [4.69, 9.17) is 9.15 Å². The highest BCUT2D eigenvalue weighted by Crippen LogP contribution is 2.20. The molecule has 0 bridgehead atoms. The van der Waals surface area contributed by atoms with E-state index in [1.807, 2.05) is 0 Å². The second-order valence-corrected chi connectivity index (χ2v) is 5.06. The Bertz CT molecular complexity index is 888. The van der Waals surface area contributed by atoms with Crippen molar-refractivity contribution in [3.8, 4) is 0 Å². The normalized spacial score (nSPS) is 9.93. The summed E-state index contributed by atoms with van der Waals surface area (Å²) in [7, 11) is 0. The lowest BCUT2D eigenvalue weighted by Crippen LogP contribution is -2.29. The second-order valence-electron chi connectivity index (χ2n) is 5.06. The first-order chi connectivity index (χ1) is 12.9. The van der Waals surface area contributed by atoms with Crippen LogP contribution < -0.4 is 10.6 Å². The van der Waals surface area contributed by atoms with Crippen LogP contribution in [0.4, 0.5) is 11.6 Å². The van der Waals surface area contributed by atoms with Gasteiger partial charge in [0.25, 0.3) is 11.8 Å². The first-order valence-electron chi connectivity index (χ1n) is 7.61. The van der Waals surface area contributed by atoms with E-state index in [0.29, 0.717) is 0 Å². The predicted octanol–water partition coefficient (Wildman–Crippen LogP) is 1.90. The molecule has 1 heterocycles. The molecular weight excluding hydrogens is 358 g/mol. The number of nitrogens with zero attached hydrogens (tertiary/aromatic N) is 1. The van der Waals surface area contributed by atoms with E-state index in [0.717, 1.165) is 12.1 Å². The van der Waals surface area contributed by atoms with E-state index in [1.165, 1.54) is 18.2 Å². The summed E-state index contributed by atoms with van der Waals surface area (Å²) in [5.74, 6) is -3.00. The van der Waals surface area contributed by atoms with Gasteiger partial charge in [0.15, 0.2) is 12.4 Å². The quantitative estimate of drug-likeness (QED) is 0.311. The Morgan fingerprint density at radius 1 is 1.22 bits per heavy atom. The van der Waals surface area contributed by atoms with Gasteiger partial charge in [-0.25, -0.2) is 4.79 Å². The third kappa shape index (κ3) is 5.26. The van der Waals surface area contributed by atoms with Crippen molar-refractivity contribution in [2.24, 2.45) is 0 Å². The molecule has 10 nitrogen and oxygen atoms in total. The average Bonchev–Trinajstić information content (AvgIpc) is 3.15. The standard InChI is InChI=1S/C17H15N3O7/c1-2-9-18-14(21)10-26-17(23)11-5-3-4-6-12(11)19-16(22)13-7-8-15(27-13)20(24)25/h2-8H,1,9-10H2,(H,18,21)(H,19,22). The van der Waals surface area contributed by atoms with Crippen molar-refractivity contribution in [3.63, 3.8) is 0 Å². The summed E-state index contributed by atoms with van der Waals surface area (Å²) in [6.45, 7) is 3.18. The fourth-order valence-electron chi connectivity index (χ4n) is 1.95. The molecule has 0 aliphatic carbocycles. The molecule has 0 saturated heterocycles. The monoisotopic (exact) mass is 373 g/mol. The largest absolute Gasteiger partial charge is 0.452 e. The number of rotatable bonds is 8. The van der Waals surface area contributed by atoms with Gasteiger partial charge in [0.05, 0.1) is 17.3 Å². The lowest BCUT2D eigenvalue weighted by molar-refractivity contribution is -0.402. The summed E-state index contributed by atoms with van der Waals surface area (Å²) in [5.41, 5.74) is 0.0986. The number of nitro groups is 1. The maximum atomic E-state index is 12.2. The molecule has 2 amide bonds. The summed E-state index contributed by atoms with van der Waals surface area (Å²) >= 11 is 0. The number of hydrogen-bond donors (Lipinski definition) is 2. The van der Waals surface area contributed by atoms with Crippen LogP contribution >= 0.6 is 0 Å². The van der Waals surface area contributed by atoms with E-state index in [2.05, 4.69) is 17.2 Å². The van der Waals surface area contributed by atoms with Crippen molar-refractivity contribution >= 4 is 29.4 Å². The van der Waals surface area contributed by atoms with E-state index >= 15 is 0 Å². The smallest absolute Gasteiger partial charge is 0.433 e. The van der Waals surface area contributed by atoms with Crippen LogP contribution in [0.5, 0.6) is 0 Å². The van der Waals surface area contributed by atoms with Gasteiger partial charge >= 0.3 is 11.9 Å². The molecule has 0 aliphatic rings. The van der Waals surface area contributed by atoms with Crippen molar-refractivity contribution in [3.05, 3.63) is 70.5 Å². The van der Waals surface area contributed by atoms with Crippen LogP contribution in [0, 0.1) is 10.1 Å². The number of anilines is 1. The summed E-state index contributed by atoms with van der Waals surface area (Å²) in [5, 5.41) is 15.5. The molecule has 0 fully saturated rings. The molecule has 2 aromatic rings. The van der Waals surface area contributed by atoms with Gasteiger partial charge in [0, 0.05) is 6.54 Å². The Morgan fingerprint density at radius 3 is 2.63 bits per heavy atom. The Labute approximate surface area is 152 Å². The minimum absolute atomic E-state index is 0.00317. The van der Waals surface area contributed by atoms with Crippen LogP contribution in [0.1, 0.15) is 20.9 Å². The lowest BCUT2D eigenvalue weighted by Gasteiger charge is -2.10. The topological polar surface area (TPSA) is 141 Å². The zero-order chi connectivity index (χ0) is 19.8. The SMILES string of the molecule is C=CCNC(=O)COC(=O)c1ccccc1NC(=O)c1ccc([N+](=O)[O-])o1. The van der Waals surface area contributed by atoms with Gasteiger partial charge in [-0.1, -0.05) is 18.2 Å². The first kappa shape index (κ1) is 19.4. The van der Waals surface area contributed by atoms with E-state index in [1.54, 1.807) is 12.1 Å². The Hall–Kier alpha value is -3.95. The predicted molar refractivity (Wildman–Crippen MR) is 93.2 cm³/mol. The zero-order valence-electron chi connectivity index (χ0n) is 14.0. The third-order valence-corrected chi connectivity index (χ3v) is 3.17. The molecule has 0 saturated carbocycles. The van der Waals surface area contributed by atoms with E-state index in [9.17, 15) is 24.5 Å². The molecule has 0 atom stereocenters. The molecule has 0 radical (unpaired) electrons. The second kappa shape index (κ2) is 8.94. The molecule has 1 aromatic heterocycles. The van der Waals surface area contributed by atoms with Crippen LogP contribution in [-0.2, 0) is 9.53 Å². The zero-order valence-corrected chi connectivity index (χ0v) is 14.0. The van der Waals surface area contributed by atoms with E-state index in [-0.39, 0.29) is 23.6 Å². The maximum Gasteiger partial charge on any atom is 0.433 e. The van der Waals surface area contributed by atoms with Crippen LogP contribution in [0.15, 0.2) is 53.5 Å².